The molecule has 4 rings (SSSR count). The number of hydrogen-bond acceptors (Lipinski definition) is 5. The van der Waals surface area contributed by atoms with Gasteiger partial charge in [-0.1, -0.05) is 23.7 Å². The van der Waals surface area contributed by atoms with E-state index in [2.05, 4.69) is 15.5 Å². The molecule has 0 bridgehead atoms. The number of ether oxygens (including phenoxy) is 1. The number of nitrogens with zero attached hydrogens (tertiary/aromatic N) is 2. The molecule has 2 aliphatic rings. The number of hydrogen-bond donors (Lipinski definition) is 2. The fraction of sp³-hybridized carbons (Fsp3) is 0.364. The minimum absolute atomic E-state index is 0. The van der Waals surface area contributed by atoms with Gasteiger partial charge in [0.25, 0.3) is 5.91 Å². The van der Waals surface area contributed by atoms with Crippen molar-refractivity contribution in [2.75, 3.05) is 56.2 Å². The van der Waals surface area contributed by atoms with Crippen molar-refractivity contribution in [3.8, 4) is 0 Å². The van der Waals surface area contributed by atoms with Crippen molar-refractivity contribution >= 4 is 52.9 Å². The number of halogens is 2. The maximum Gasteiger partial charge on any atom is 0.257 e. The Morgan fingerprint density at radius 3 is 2.66 bits per heavy atom. The Morgan fingerprint density at radius 2 is 1.88 bits per heavy atom. The van der Waals surface area contributed by atoms with Gasteiger partial charge in [0.15, 0.2) is 0 Å². The Labute approximate surface area is 198 Å². The molecule has 0 aromatic heterocycles. The molecule has 2 amide bonds. The molecule has 0 radical (unpaired) electrons. The van der Waals surface area contributed by atoms with Crippen molar-refractivity contribution in [2.45, 2.75) is 6.42 Å². The monoisotopic (exact) mass is 482 g/mol. The summed E-state index contributed by atoms with van der Waals surface area (Å²) in [6.07, 6.45) is 0.954. The van der Waals surface area contributed by atoms with E-state index in [1.54, 1.807) is 41.3 Å². The molecule has 10 heteroatoms. The molecule has 8 nitrogen and oxygen atoms in total. The number of morpholine rings is 1. The first kappa shape index (κ1) is 26.1. The van der Waals surface area contributed by atoms with E-state index in [9.17, 15) is 9.59 Å². The van der Waals surface area contributed by atoms with E-state index < -0.39 is 0 Å². The summed E-state index contributed by atoms with van der Waals surface area (Å²) < 4.78 is 5.36. The van der Waals surface area contributed by atoms with Crippen molar-refractivity contribution in [1.82, 2.24) is 10.2 Å². The Balaban J connectivity index is 0.00000181. The highest BCUT2D eigenvalue weighted by atomic mass is 35.5. The maximum atomic E-state index is 13.2. The molecule has 174 valence electrons. The first-order chi connectivity index (χ1) is 14.6. The van der Waals surface area contributed by atoms with Crippen molar-refractivity contribution in [3.63, 3.8) is 0 Å². The van der Waals surface area contributed by atoms with Crippen LogP contribution in [0.3, 0.4) is 0 Å². The van der Waals surface area contributed by atoms with Crippen molar-refractivity contribution in [2.24, 2.45) is 0 Å². The second-order valence-corrected chi connectivity index (χ2v) is 7.78. The molecule has 2 aliphatic heterocycles. The van der Waals surface area contributed by atoms with Crippen LogP contribution < -0.4 is 15.5 Å². The van der Waals surface area contributed by atoms with Gasteiger partial charge in [-0.2, -0.15) is 0 Å². The van der Waals surface area contributed by atoms with Crippen LogP contribution in [-0.4, -0.2) is 68.1 Å². The van der Waals surface area contributed by atoms with E-state index in [0.717, 1.165) is 45.8 Å². The van der Waals surface area contributed by atoms with Crippen LogP contribution in [0.5, 0.6) is 0 Å². The van der Waals surface area contributed by atoms with E-state index in [1.165, 1.54) is 0 Å². The number of amides is 2. The Kier molecular flexibility index (Phi) is 9.89. The topological polar surface area (TPSA) is 105 Å². The predicted molar refractivity (Wildman–Crippen MR) is 129 cm³/mol. The molecule has 0 aliphatic carbocycles. The lowest BCUT2D eigenvalue weighted by Crippen LogP contribution is -2.39. The average Bonchev–Trinajstić information content (AvgIpc) is 2.88. The molecule has 2 aromatic rings. The van der Waals surface area contributed by atoms with Crippen LogP contribution in [0.1, 0.15) is 16.8 Å². The Hall–Kier alpha value is -2.20. The largest absolute Gasteiger partial charge is 0.412 e. The number of para-hydroxylation sites is 1. The molecule has 1 fully saturated rings. The standard InChI is InChI=1S/C22H25ClN4O3.ClH.H2O/c23-16-6-7-20-18(14-16)25-22(29)17-4-1-2-5-19(17)27(20)21(28)15-24-8-3-9-26-10-12-30-13-11-26;;/h1-2,4-7,14,24H,3,8-13,15H2,(H,25,29);1H;1H2. The lowest BCUT2D eigenvalue weighted by Gasteiger charge is -2.26. The summed E-state index contributed by atoms with van der Waals surface area (Å²) in [5.41, 5.74) is 2.14. The molecule has 2 heterocycles. The highest BCUT2D eigenvalue weighted by Gasteiger charge is 2.29. The molecule has 0 atom stereocenters. The van der Waals surface area contributed by atoms with Crippen LogP contribution in [0.4, 0.5) is 17.1 Å². The second-order valence-electron chi connectivity index (χ2n) is 7.35. The third kappa shape index (κ3) is 5.98. The average molecular weight is 483 g/mol. The van der Waals surface area contributed by atoms with Crippen LogP contribution in [0.15, 0.2) is 42.5 Å². The number of carbonyl (C=O) groups excluding carboxylic acids is 2. The zero-order valence-corrected chi connectivity index (χ0v) is 19.2. The smallest absolute Gasteiger partial charge is 0.257 e. The van der Waals surface area contributed by atoms with Crippen molar-refractivity contribution in [3.05, 3.63) is 53.1 Å². The number of fused-ring (bicyclic) bond motifs is 2. The van der Waals surface area contributed by atoms with Gasteiger partial charge in [0.2, 0.25) is 5.91 Å². The lowest BCUT2D eigenvalue weighted by molar-refractivity contribution is -0.117. The fourth-order valence-corrected chi connectivity index (χ4v) is 3.95. The molecule has 0 spiro atoms. The van der Waals surface area contributed by atoms with Gasteiger partial charge in [0, 0.05) is 18.1 Å². The van der Waals surface area contributed by atoms with Crippen LogP contribution in [0, 0.1) is 0 Å². The lowest BCUT2D eigenvalue weighted by atomic mass is 10.1. The minimum atomic E-state index is -0.261. The second kappa shape index (κ2) is 12.2. The van der Waals surface area contributed by atoms with E-state index >= 15 is 0 Å². The van der Waals surface area contributed by atoms with E-state index in [1.807, 2.05) is 6.07 Å². The molecule has 0 saturated carbocycles. The molecule has 32 heavy (non-hydrogen) atoms. The molecule has 0 unspecified atom stereocenters. The summed E-state index contributed by atoms with van der Waals surface area (Å²) in [6.45, 7) is 5.40. The van der Waals surface area contributed by atoms with Gasteiger partial charge < -0.3 is 20.8 Å². The quantitative estimate of drug-likeness (QED) is 0.615. The molecular weight excluding hydrogens is 455 g/mol. The van der Waals surface area contributed by atoms with E-state index in [-0.39, 0.29) is 36.2 Å². The van der Waals surface area contributed by atoms with Crippen molar-refractivity contribution in [1.29, 1.82) is 0 Å². The normalized spacial score (nSPS) is 15.4. The molecule has 1 saturated heterocycles. The highest BCUT2D eigenvalue weighted by Crippen LogP contribution is 2.39. The Morgan fingerprint density at radius 1 is 1.12 bits per heavy atom. The molecule has 4 N–H and O–H groups in total. The van der Waals surface area contributed by atoms with Gasteiger partial charge in [0.05, 0.1) is 42.4 Å². The van der Waals surface area contributed by atoms with Crippen LogP contribution in [0.2, 0.25) is 5.02 Å². The summed E-state index contributed by atoms with van der Waals surface area (Å²) in [5, 5.41) is 6.60. The van der Waals surface area contributed by atoms with Crippen LogP contribution >= 0.6 is 24.0 Å². The van der Waals surface area contributed by atoms with E-state index in [0.29, 0.717) is 27.6 Å². The molecule has 2 aromatic carbocycles. The first-order valence-corrected chi connectivity index (χ1v) is 10.5. The third-order valence-electron chi connectivity index (χ3n) is 5.29. The first-order valence-electron chi connectivity index (χ1n) is 10.2. The van der Waals surface area contributed by atoms with Gasteiger partial charge in [-0.25, -0.2) is 0 Å². The number of anilines is 3. The third-order valence-corrected chi connectivity index (χ3v) is 5.53. The predicted octanol–water partition coefficient (Wildman–Crippen LogP) is 2.48. The zero-order valence-electron chi connectivity index (χ0n) is 17.6. The Bertz CT molecular complexity index is 938. The van der Waals surface area contributed by atoms with Gasteiger partial charge >= 0.3 is 0 Å². The number of nitrogens with one attached hydrogen (secondary N) is 2. The number of carbonyl (C=O) groups is 2. The zero-order chi connectivity index (χ0) is 20.9. The van der Waals surface area contributed by atoms with Crippen LogP contribution in [0.25, 0.3) is 0 Å². The fourth-order valence-electron chi connectivity index (χ4n) is 3.78. The number of benzene rings is 2. The maximum absolute atomic E-state index is 13.2. The van der Waals surface area contributed by atoms with E-state index in [4.69, 9.17) is 16.3 Å². The SMILES string of the molecule is Cl.O.O=C1Nc2cc(Cl)ccc2N(C(=O)CNCCCN2CCOCC2)c2ccccc21. The highest BCUT2D eigenvalue weighted by molar-refractivity contribution is 6.31. The minimum Gasteiger partial charge on any atom is -0.412 e. The van der Waals surface area contributed by atoms with Gasteiger partial charge in [0.1, 0.15) is 0 Å². The van der Waals surface area contributed by atoms with Gasteiger partial charge in [-0.15, -0.1) is 12.4 Å². The number of rotatable bonds is 6. The van der Waals surface area contributed by atoms with Gasteiger partial charge in [-0.05, 0) is 49.8 Å². The molecular formula is C22H28Cl2N4O4. The van der Waals surface area contributed by atoms with Gasteiger partial charge in [-0.3, -0.25) is 19.4 Å². The summed E-state index contributed by atoms with van der Waals surface area (Å²) in [5.74, 6) is -0.392. The summed E-state index contributed by atoms with van der Waals surface area (Å²) in [6, 6.07) is 12.3. The summed E-state index contributed by atoms with van der Waals surface area (Å²) in [7, 11) is 0. The summed E-state index contributed by atoms with van der Waals surface area (Å²) in [4.78, 5) is 29.8. The van der Waals surface area contributed by atoms with Crippen LogP contribution in [-0.2, 0) is 9.53 Å². The summed E-state index contributed by atoms with van der Waals surface area (Å²) >= 11 is 6.12. The van der Waals surface area contributed by atoms with Crippen molar-refractivity contribution < 1.29 is 19.8 Å².